The van der Waals surface area contributed by atoms with E-state index < -0.39 is 10.0 Å². The lowest BCUT2D eigenvalue weighted by Crippen LogP contribution is -2.48. The molecule has 2 rings (SSSR count). The van der Waals surface area contributed by atoms with Crippen molar-refractivity contribution in [3.8, 4) is 0 Å². The molecule has 1 saturated carbocycles. The molecular formula is C14H28N2O2S. The molecule has 1 N–H and O–H groups in total. The Hall–Kier alpha value is -0.130. The SMILES string of the molecule is CC1CCCC(C)N1S(=O)(=O)CCCCNC1CC1. The molecule has 0 aromatic heterocycles. The van der Waals surface area contributed by atoms with Crippen LogP contribution in [0.1, 0.15) is 58.8 Å². The molecule has 5 heteroatoms. The van der Waals surface area contributed by atoms with Crippen LogP contribution in [0.4, 0.5) is 0 Å². The second kappa shape index (κ2) is 6.55. The van der Waals surface area contributed by atoms with Crippen molar-refractivity contribution in [2.45, 2.75) is 76.9 Å². The van der Waals surface area contributed by atoms with Gasteiger partial charge in [-0.25, -0.2) is 8.42 Å². The predicted molar refractivity (Wildman–Crippen MR) is 78.7 cm³/mol. The van der Waals surface area contributed by atoms with Crippen LogP contribution >= 0.6 is 0 Å². The largest absolute Gasteiger partial charge is 0.314 e. The second-order valence-corrected chi connectivity index (χ2v) is 8.20. The highest BCUT2D eigenvalue weighted by Gasteiger charge is 2.33. The normalized spacial score (nSPS) is 29.6. The fourth-order valence-corrected chi connectivity index (χ4v) is 5.14. The molecule has 1 saturated heterocycles. The summed E-state index contributed by atoms with van der Waals surface area (Å²) in [6.45, 7) is 5.05. The standard InChI is InChI=1S/C14H28N2O2S/c1-12-6-5-7-13(2)16(12)19(17,18)11-4-3-10-15-14-8-9-14/h12-15H,3-11H2,1-2H3. The van der Waals surface area contributed by atoms with E-state index in [-0.39, 0.29) is 12.1 Å². The lowest BCUT2D eigenvalue weighted by molar-refractivity contribution is 0.204. The smallest absolute Gasteiger partial charge is 0.214 e. The van der Waals surface area contributed by atoms with Crippen LogP contribution in [-0.2, 0) is 10.0 Å². The summed E-state index contributed by atoms with van der Waals surface area (Å²) in [6.07, 6.45) is 7.49. The molecular weight excluding hydrogens is 260 g/mol. The number of sulfonamides is 1. The first-order valence-corrected chi connectivity index (χ1v) is 9.36. The third kappa shape index (κ3) is 4.43. The molecule has 2 unspecified atom stereocenters. The van der Waals surface area contributed by atoms with Gasteiger partial charge in [0.1, 0.15) is 0 Å². The van der Waals surface area contributed by atoms with Gasteiger partial charge < -0.3 is 5.32 Å². The Morgan fingerprint density at radius 2 is 1.68 bits per heavy atom. The minimum Gasteiger partial charge on any atom is -0.314 e. The van der Waals surface area contributed by atoms with E-state index >= 15 is 0 Å². The highest BCUT2D eigenvalue weighted by molar-refractivity contribution is 7.89. The molecule has 0 aromatic rings. The topological polar surface area (TPSA) is 49.4 Å². The molecule has 1 aliphatic heterocycles. The predicted octanol–water partition coefficient (Wildman–Crippen LogP) is 2.11. The molecule has 2 fully saturated rings. The number of nitrogens with one attached hydrogen (secondary N) is 1. The third-order valence-corrected chi connectivity index (χ3v) is 6.44. The molecule has 2 atom stereocenters. The lowest BCUT2D eigenvalue weighted by Gasteiger charge is -2.37. The van der Waals surface area contributed by atoms with Crippen LogP contribution in [0.2, 0.25) is 0 Å². The summed E-state index contributed by atoms with van der Waals surface area (Å²) in [5.41, 5.74) is 0. The highest BCUT2D eigenvalue weighted by Crippen LogP contribution is 2.26. The summed E-state index contributed by atoms with van der Waals surface area (Å²) in [5, 5.41) is 3.43. The number of hydrogen-bond acceptors (Lipinski definition) is 3. The van der Waals surface area contributed by atoms with E-state index in [1.54, 1.807) is 4.31 Å². The van der Waals surface area contributed by atoms with Gasteiger partial charge in [0.25, 0.3) is 0 Å². The summed E-state index contributed by atoms with van der Waals surface area (Å²) in [7, 11) is -3.06. The summed E-state index contributed by atoms with van der Waals surface area (Å²) in [4.78, 5) is 0. The highest BCUT2D eigenvalue weighted by atomic mass is 32.2. The molecule has 19 heavy (non-hydrogen) atoms. The maximum Gasteiger partial charge on any atom is 0.214 e. The van der Waals surface area contributed by atoms with Crippen molar-refractivity contribution in [2.75, 3.05) is 12.3 Å². The molecule has 1 heterocycles. The average Bonchev–Trinajstić information content (AvgIpc) is 3.11. The van der Waals surface area contributed by atoms with Gasteiger partial charge in [-0.2, -0.15) is 4.31 Å². The summed E-state index contributed by atoms with van der Waals surface area (Å²) < 4.78 is 26.6. The Morgan fingerprint density at radius 3 is 2.26 bits per heavy atom. The van der Waals surface area contributed by atoms with Crippen LogP contribution in [0.3, 0.4) is 0 Å². The summed E-state index contributed by atoms with van der Waals surface area (Å²) >= 11 is 0. The Balaban J connectivity index is 1.75. The molecule has 0 radical (unpaired) electrons. The zero-order valence-electron chi connectivity index (χ0n) is 12.3. The van der Waals surface area contributed by atoms with Gasteiger partial charge in [0.2, 0.25) is 10.0 Å². The van der Waals surface area contributed by atoms with E-state index in [4.69, 9.17) is 0 Å². The Labute approximate surface area is 118 Å². The average molecular weight is 288 g/mol. The van der Waals surface area contributed by atoms with Crippen molar-refractivity contribution >= 4 is 10.0 Å². The molecule has 0 amide bonds. The van der Waals surface area contributed by atoms with Gasteiger partial charge in [0.05, 0.1) is 5.75 Å². The minimum absolute atomic E-state index is 0.179. The third-order valence-electron chi connectivity index (χ3n) is 4.27. The Bertz CT molecular complexity index is 369. The molecule has 1 aliphatic carbocycles. The maximum atomic E-state index is 12.4. The monoisotopic (exact) mass is 288 g/mol. The first-order chi connectivity index (χ1) is 9.00. The van der Waals surface area contributed by atoms with Gasteiger partial charge in [-0.05, 0) is 58.9 Å². The number of piperidine rings is 1. The Kier molecular flexibility index (Phi) is 5.26. The first-order valence-electron chi connectivity index (χ1n) is 7.75. The fraction of sp³-hybridized carbons (Fsp3) is 1.00. The molecule has 0 bridgehead atoms. The molecule has 2 aliphatic rings. The van der Waals surface area contributed by atoms with Crippen LogP contribution in [0, 0.1) is 0 Å². The maximum absolute atomic E-state index is 12.4. The summed E-state index contributed by atoms with van der Waals surface area (Å²) in [6, 6.07) is 1.08. The van der Waals surface area contributed by atoms with Crippen LogP contribution in [0.15, 0.2) is 0 Å². The van der Waals surface area contributed by atoms with Crippen molar-refractivity contribution in [2.24, 2.45) is 0 Å². The van der Waals surface area contributed by atoms with E-state index in [1.807, 2.05) is 13.8 Å². The molecule has 0 aromatic carbocycles. The zero-order valence-corrected chi connectivity index (χ0v) is 13.1. The van der Waals surface area contributed by atoms with Gasteiger partial charge >= 0.3 is 0 Å². The molecule has 0 spiro atoms. The minimum atomic E-state index is -3.06. The van der Waals surface area contributed by atoms with E-state index in [0.717, 1.165) is 44.7 Å². The van der Waals surface area contributed by atoms with Crippen molar-refractivity contribution < 1.29 is 8.42 Å². The van der Waals surface area contributed by atoms with Gasteiger partial charge in [-0.15, -0.1) is 0 Å². The number of nitrogens with zero attached hydrogens (tertiary/aromatic N) is 1. The Morgan fingerprint density at radius 1 is 1.05 bits per heavy atom. The molecule has 4 nitrogen and oxygen atoms in total. The van der Waals surface area contributed by atoms with E-state index in [2.05, 4.69) is 5.32 Å². The van der Waals surface area contributed by atoms with Gasteiger partial charge in [-0.1, -0.05) is 6.42 Å². The van der Waals surface area contributed by atoms with Crippen LogP contribution in [0.25, 0.3) is 0 Å². The van der Waals surface area contributed by atoms with Crippen LogP contribution in [0.5, 0.6) is 0 Å². The van der Waals surface area contributed by atoms with Crippen molar-refractivity contribution in [1.29, 1.82) is 0 Å². The van der Waals surface area contributed by atoms with Crippen LogP contribution in [-0.4, -0.2) is 43.1 Å². The van der Waals surface area contributed by atoms with Gasteiger partial charge in [-0.3, -0.25) is 0 Å². The van der Waals surface area contributed by atoms with Crippen LogP contribution < -0.4 is 5.32 Å². The van der Waals surface area contributed by atoms with E-state index in [9.17, 15) is 8.42 Å². The lowest BCUT2D eigenvalue weighted by atomic mass is 10.0. The van der Waals surface area contributed by atoms with Crippen molar-refractivity contribution in [3.05, 3.63) is 0 Å². The quantitative estimate of drug-likeness (QED) is 0.730. The number of unbranched alkanes of at least 4 members (excludes halogenated alkanes) is 1. The van der Waals surface area contributed by atoms with Crippen molar-refractivity contribution in [3.63, 3.8) is 0 Å². The number of hydrogen-bond donors (Lipinski definition) is 1. The zero-order chi connectivity index (χ0) is 13.9. The van der Waals surface area contributed by atoms with E-state index in [1.165, 1.54) is 12.8 Å². The molecule has 112 valence electrons. The summed E-state index contributed by atoms with van der Waals surface area (Å²) in [5.74, 6) is 0.314. The van der Waals surface area contributed by atoms with Gasteiger partial charge in [0.15, 0.2) is 0 Å². The number of rotatable bonds is 7. The van der Waals surface area contributed by atoms with Crippen molar-refractivity contribution in [1.82, 2.24) is 9.62 Å². The fourth-order valence-electron chi connectivity index (χ4n) is 3.05. The first kappa shape index (κ1) is 15.3. The second-order valence-electron chi connectivity index (χ2n) is 6.21. The van der Waals surface area contributed by atoms with E-state index in [0.29, 0.717) is 5.75 Å². The van der Waals surface area contributed by atoms with Gasteiger partial charge in [0, 0.05) is 18.1 Å².